The van der Waals surface area contributed by atoms with E-state index in [4.69, 9.17) is 16.7 Å². The van der Waals surface area contributed by atoms with Crippen LogP contribution in [0.4, 0.5) is 10.1 Å². The van der Waals surface area contributed by atoms with Crippen molar-refractivity contribution >= 4 is 23.3 Å². The Balaban J connectivity index is 2.79. The van der Waals surface area contributed by atoms with Gasteiger partial charge in [-0.3, -0.25) is 10.1 Å². The van der Waals surface area contributed by atoms with E-state index in [0.29, 0.717) is 22.5 Å². The first kappa shape index (κ1) is 14.9. The predicted molar refractivity (Wildman–Crippen MR) is 71.6 cm³/mol. The zero-order valence-electron chi connectivity index (χ0n) is 10.9. The molecule has 1 aromatic heterocycles. The lowest BCUT2D eigenvalue weighted by molar-refractivity contribution is -0.384. The molecule has 7 nitrogen and oxygen atoms in total. The molecule has 2 aromatic rings. The third-order valence-electron chi connectivity index (χ3n) is 2.92. The number of halogens is 2. The normalized spacial score (nSPS) is 10.7. The molecule has 1 heterocycles. The molecule has 9 heteroatoms. The van der Waals surface area contributed by atoms with E-state index in [-0.39, 0.29) is 5.69 Å². The first-order chi connectivity index (χ1) is 9.73. The Morgan fingerprint density at radius 2 is 2.10 bits per heavy atom. The molecule has 21 heavy (non-hydrogen) atoms. The van der Waals surface area contributed by atoms with Crippen LogP contribution in [0.5, 0.6) is 0 Å². The number of aryl methyl sites for hydroxylation is 1. The second-order valence-electron chi connectivity index (χ2n) is 4.28. The highest BCUT2D eigenvalue weighted by Gasteiger charge is 2.25. The predicted octanol–water partition coefficient (Wildman–Crippen LogP) is 2.89. The number of aromatic carboxylic acids is 1. The SMILES string of the molecule is Cc1nn(-c2cc(F)c(C(=O)O)cc2[N+](=O)[O-])c(C)c1Cl. The van der Waals surface area contributed by atoms with E-state index in [1.165, 1.54) is 0 Å². The van der Waals surface area contributed by atoms with E-state index in [9.17, 15) is 19.3 Å². The minimum Gasteiger partial charge on any atom is -0.478 e. The van der Waals surface area contributed by atoms with E-state index < -0.39 is 28.0 Å². The van der Waals surface area contributed by atoms with Crippen molar-refractivity contribution in [3.8, 4) is 5.69 Å². The van der Waals surface area contributed by atoms with Gasteiger partial charge in [-0.2, -0.15) is 5.10 Å². The number of benzene rings is 1. The number of rotatable bonds is 3. The van der Waals surface area contributed by atoms with Crippen molar-refractivity contribution in [1.29, 1.82) is 0 Å². The molecule has 0 aliphatic carbocycles. The van der Waals surface area contributed by atoms with Crippen LogP contribution < -0.4 is 0 Å². The van der Waals surface area contributed by atoms with Crippen molar-refractivity contribution in [2.75, 3.05) is 0 Å². The standard InChI is InChI=1S/C12H9ClFN3O4/c1-5-11(13)6(2)16(15-5)9-4-8(14)7(12(18)19)3-10(9)17(20)21/h3-4H,1-2H3,(H,18,19). The van der Waals surface area contributed by atoms with E-state index in [1.807, 2.05) is 0 Å². The molecule has 0 saturated carbocycles. The minimum atomic E-state index is -1.59. The maximum absolute atomic E-state index is 13.8. The van der Waals surface area contributed by atoms with Crippen LogP contribution in [-0.4, -0.2) is 25.8 Å². The molecule has 0 bridgehead atoms. The summed E-state index contributed by atoms with van der Waals surface area (Å²) < 4.78 is 14.9. The van der Waals surface area contributed by atoms with Gasteiger partial charge in [-0.25, -0.2) is 13.9 Å². The maximum Gasteiger partial charge on any atom is 0.338 e. The third-order valence-corrected chi connectivity index (χ3v) is 3.47. The molecule has 2 rings (SSSR count). The third kappa shape index (κ3) is 2.45. The van der Waals surface area contributed by atoms with Crippen molar-refractivity contribution in [3.63, 3.8) is 0 Å². The number of carboxylic acid groups (broad SMARTS) is 1. The van der Waals surface area contributed by atoms with E-state index in [0.717, 1.165) is 10.7 Å². The Labute approximate surface area is 122 Å². The van der Waals surface area contributed by atoms with Crippen molar-refractivity contribution in [2.45, 2.75) is 13.8 Å². The quantitative estimate of drug-likeness (QED) is 0.694. The van der Waals surface area contributed by atoms with Crippen LogP contribution in [0.2, 0.25) is 5.02 Å². The number of hydrogen-bond donors (Lipinski definition) is 1. The first-order valence-corrected chi connectivity index (χ1v) is 6.05. The summed E-state index contributed by atoms with van der Waals surface area (Å²) >= 11 is 5.96. The Hall–Kier alpha value is -2.48. The zero-order valence-corrected chi connectivity index (χ0v) is 11.7. The summed E-state index contributed by atoms with van der Waals surface area (Å²) in [6.07, 6.45) is 0. The summed E-state index contributed by atoms with van der Waals surface area (Å²) in [6.45, 7) is 3.16. The largest absolute Gasteiger partial charge is 0.478 e. The van der Waals surface area contributed by atoms with Crippen LogP contribution >= 0.6 is 11.6 Å². The number of nitro benzene ring substituents is 1. The smallest absolute Gasteiger partial charge is 0.338 e. The monoisotopic (exact) mass is 313 g/mol. The summed E-state index contributed by atoms with van der Waals surface area (Å²) in [5, 5.41) is 24.2. The topological polar surface area (TPSA) is 98.3 Å². The fraction of sp³-hybridized carbons (Fsp3) is 0.167. The average Bonchev–Trinajstić information content (AvgIpc) is 2.65. The number of carboxylic acids is 1. The highest BCUT2D eigenvalue weighted by molar-refractivity contribution is 6.31. The number of nitro groups is 1. The molecular formula is C12H9ClFN3O4. The summed E-state index contributed by atoms with van der Waals surface area (Å²) in [7, 11) is 0. The van der Waals surface area contributed by atoms with Gasteiger partial charge in [0.05, 0.1) is 21.3 Å². The molecule has 110 valence electrons. The van der Waals surface area contributed by atoms with Crippen LogP contribution in [-0.2, 0) is 0 Å². The molecule has 0 aliphatic heterocycles. The number of hydrogen-bond acceptors (Lipinski definition) is 4. The fourth-order valence-corrected chi connectivity index (χ4v) is 2.01. The molecule has 1 N–H and O–H groups in total. The van der Waals surface area contributed by atoms with Gasteiger partial charge in [-0.1, -0.05) is 11.6 Å². The summed E-state index contributed by atoms with van der Waals surface area (Å²) in [6, 6.07) is 1.43. The van der Waals surface area contributed by atoms with E-state index in [2.05, 4.69) is 5.10 Å². The van der Waals surface area contributed by atoms with Crippen LogP contribution in [0.3, 0.4) is 0 Å². The lowest BCUT2D eigenvalue weighted by Crippen LogP contribution is -2.08. The van der Waals surface area contributed by atoms with Crippen LogP contribution in [0.25, 0.3) is 5.69 Å². The van der Waals surface area contributed by atoms with E-state index in [1.54, 1.807) is 13.8 Å². The number of aromatic nitrogens is 2. The van der Waals surface area contributed by atoms with Crippen molar-refractivity contribution in [3.05, 3.63) is 50.0 Å². The van der Waals surface area contributed by atoms with Gasteiger partial charge in [0.1, 0.15) is 17.1 Å². The van der Waals surface area contributed by atoms with Crippen LogP contribution in [0.1, 0.15) is 21.7 Å². The molecule has 0 fully saturated rings. The highest BCUT2D eigenvalue weighted by atomic mass is 35.5. The van der Waals surface area contributed by atoms with Gasteiger partial charge in [0, 0.05) is 12.1 Å². The summed E-state index contributed by atoms with van der Waals surface area (Å²) in [4.78, 5) is 21.2. The summed E-state index contributed by atoms with van der Waals surface area (Å²) in [5.41, 5.74) is -0.727. The van der Waals surface area contributed by atoms with Gasteiger partial charge < -0.3 is 5.11 Å². The molecule has 0 unspecified atom stereocenters. The number of nitrogens with zero attached hydrogens (tertiary/aromatic N) is 3. The van der Waals surface area contributed by atoms with Gasteiger partial charge in [0.25, 0.3) is 5.69 Å². The fourth-order valence-electron chi connectivity index (χ4n) is 1.89. The highest BCUT2D eigenvalue weighted by Crippen LogP contribution is 2.30. The lowest BCUT2D eigenvalue weighted by Gasteiger charge is -2.07. The van der Waals surface area contributed by atoms with E-state index >= 15 is 0 Å². The number of carbonyl (C=O) groups is 1. The molecule has 1 aromatic carbocycles. The van der Waals surface area contributed by atoms with Crippen LogP contribution in [0, 0.1) is 29.8 Å². The summed E-state index contributed by atoms with van der Waals surface area (Å²) in [5.74, 6) is -2.68. The molecular weight excluding hydrogens is 305 g/mol. The van der Waals surface area contributed by atoms with Gasteiger partial charge >= 0.3 is 5.97 Å². The molecule has 0 aliphatic rings. The van der Waals surface area contributed by atoms with Gasteiger partial charge in [0.15, 0.2) is 0 Å². The molecule has 0 saturated heterocycles. The Morgan fingerprint density at radius 3 is 2.52 bits per heavy atom. The molecule has 0 atom stereocenters. The Morgan fingerprint density at radius 1 is 1.48 bits per heavy atom. The average molecular weight is 314 g/mol. The van der Waals surface area contributed by atoms with Gasteiger partial charge in [-0.05, 0) is 13.8 Å². The Kier molecular flexibility index (Phi) is 3.65. The molecule has 0 amide bonds. The first-order valence-electron chi connectivity index (χ1n) is 5.67. The van der Waals surface area contributed by atoms with Crippen LogP contribution in [0.15, 0.2) is 12.1 Å². The van der Waals surface area contributed by atoms with Crippen molar-refractivity contribution < 1.29 is 19.2 Å². The van der Waals surface area contributed by atoms with Crippen molar-refractivity contribution in [1.82, 2.24) is 9.78 Å². The molecule has 0 radical (unpaired) electrons. The van der Waals surface area contributed by atoms with Gasteiger partial charge in [-0.15, -0.1) is 0 Å². The van der Waals surface area contributed by atoms with Gasteiger partial charge in [0.2, 0.25) is 0 Å². The maximum atomic E-state index is 13.8. The Bertz CT molecular complexity index is 772. The van der Waals surface area contributed by atoms with Crippen molar-refractivity contribution in [2.24, 2.45) is 0 Å². The minimum absolute atomic E-state index is 0.185. The second-order valence-corrected chi connectivity index (χ2v) is 4.66. The second kappa shape index (κ2) is 5.13. The molecule has 0 spiro atoms. The zero-order chi connectivity index (χ0) is 15.9. The lowest BCUT2D eigenvalue weighted by atomic mass is 10.1.